The number of benzene rings is 3. The molecule has 0 saturated carbocycles. The summed E-state index contributed by atoms with van der Waals surface area (Å²) in [5.74, 6) is 0. The summed E-state index contributed by atoms with van der Waals surface area (Å²) in [6.45, 7) is 4.09. The van der Waals surface area contributed by atoms with Gasteiger partial charge in [0.1, 0.15) is 0 Å². The van der Waals surface area contributed by atoms with Crippen LogP contribution in [0.3, 0.4) is 0 Å². The third-order valence-electron chi connectivity index (χ3n) is 6.45. The van der Waals surface area contributed by atoms with E-state index in [2.05, 4.69) is 22.2 Å². The lowest BCUT2D eigenvalue weighted by molar-refractivity contribution is 0.258. The monoisotopic (exact) mass is 458 g/mol. The van der Waals surface area contributed by atoms with E-state index in [-0.39, 0.29) is 6.03 Å². The van der Waals surface area contributed by atoms with Gasteiger partial charge >= 0.3 is 6.03 Å². The van der Waals surface area contributed by atoms with E-state index in [4.69, 9.17) is 9.97 Å². The van der Waals surface area contributed by atoms with Crippen LogP contribution in [0.2, 0.25) is 0 Å². The summed E-state index contributed by atoms with van der Waals surface area (Å²) in [7, 11) is 1.76. The van der Waals surface area contributed by atoms with Crippen molar-refractivity contribution in [2.45, 2.75) is 13.8 Å². The maximum Gasteiger partial charge on any atom is 0.326 e. The lowest BCUT2D eigenvalue weighted by atomic mass is 10.1. The summed E-state index contributed by atoms with van der Waals surface area (Å²) in [6.07, 6.45) is 3.52. The molecule has 6 rings (SSSR count). The summed E-state index contributed by atoms with van der Waals surface area (Å²) < 4.78 is 0. The molecule has 0 atom stereocenters. The van der Waals surface area contributed by atoms with Crippen LogP contribution in [0.4, 0.5) is 16.2 Å². The van der Waals surface area contributed by atoms with Crippen LogP contribution in [0.25, 0.3) is 43.9 Å². The van der Waals surface area contributed by atoms with Gasteiger partial charge in [-0.25, -0.2) is 14.8 Å². The molecule has 7 heteroatoms. The van der Waals surface area contributed by atoms with Gasteiger partial charge in [0.25, 0.3) is 0 Å². The van der Waals surface area contributed by atoms with Crippen molar-refractivity contribution in [1.29, 1.82) is 0 Å². The smallest absolute Gasteiger partial charge is 0.307 e. The lowest BCUT2D eigenvalue weighted by Crippen LogP contribution is -2.31. The number of aromatic nitrogens is 4. The molecule has 0 saturated heterocycles. The average Bonchev–Trinajstić information content (AvgIpc) is 2.89. The van der Waals surface area contributed by atoms with Crippen molar-refractivity contribution >= 4 is 61.3 Å². The van der Waals surface area contributed by atoms with Gasteiger partial charge in [0, 0.05) is 41.6 Å². The normalized spacial score (nSPS) is 11.4. The van der Waals surface area contributed by atoms with Gasteiger partial charge in [0.2, 0.25) is 0 Å². The number of hydrogen-bond donors (Lipinski definition) is 1. The van der Waals surface area contributed by atoms with Gasteiger partial charge in [-0.2, -0.15) is 0 Å². The minimum absolute atomic E-state index is 0.229. The predicted octanol–water partition coefficient (Wildman–Crippen LogP) is 6.16. The zero-order valence-corrected chi connectivity index (χ0v) is 19.6. The Balaban J connectivity index is 1.43. The molecule has 3 aromatic heterocycles. The molecule has 2 amide bonds. The molecule has 3 aromatic carbocycles. The maximum absolute atomic E-state index is 12.9. The second-order valence-corrected chi connectivity index (χ2v) is 8.68. The van der Waals surface area contributed by atoms with Crippen LogP contribution >= 0.6 is 0 Å². The first kappa shape index (κ1) is 20.9. The number of aryl methyl sites for hydroxylation is 2. The fourth-order valence-corrected chi connectivity index (χ4v) is 4.34. The summed E-state index contributed by atoms with van der Waals surface area (Å²) in [5, 5.41) is 4.79. The number of anilines is 2. The third kappa shape index (κ3) is 3.49. The van der Waals surface area contributed by atoms with Gasteiger partial charge in [0.15, 0.2) is 0 Å². The van der Waals surface area contributed by atoms with Crippen LogP contribution in [0.1, 0.15) is 11.1 Å². The highest BCUT2D eigenvalue weighted by Crippen LogP contribution is 2.32. The number of pyridine rings is 2. The number of nitrogens with one attached hydrogen (secondary N) is 1. The number of urea groups is 1. The van der Waals surface area contributed by atoms with E-state index in [1.807, 2.05) is 67.6 Å². The molecule has 0 unspecified atom stereocenters. The zero-order valence-electron chi connectivity index (χ0n) is 19.6. The number of rotatable bonds is 2. The van der Waals surface area contributed by atoms with Gasteiger partial charge in [-0.15, -0.1) is 0 Å². The molecular formula is C28H22N6O. The number of fused-ring (bicyclic) bond motifs is 7. The average molecular weight is 459 g/mol. The second kappa shape index (κ2) is 7.99. The first-order valence-corrected chi connectivity index (χ1v) is 11.3. The minimum atomic E-state index is -0.229. The van der Waals surface area contributed by atoms with E-state index in [1.54, 1.807) is 24.3 Å². The molecule has 0 radical (unpaired) electrons. The van der Waals surface area contributed by atoms with Crippen molar-refractivity contribution in [3.05, 3.63) is 84.2 Å². The van der Waals surface area contributed by atoms with Gasteiger partial charge in [-0.3, -0.25) is 14.9 Å². The summed E-state index contributed by atoms with van der Waals surface area (Å²) in [6, 6.07) is 19.1. The van der Waals surface area contributed by atoms with Crippen LogP contribution in [0.15, 0.2) is 73.1 Å². The van der Waals surface area contributed by atoms with Gasteiger partial charge in [0.05, 0.1) is 33.1 Å². The molecule has 6 aromatic rings. The lowest BCUT2D eigenvalue weighted by Gasteiger charge is -2.19. The van der Waals surface area contributed by atoms with Crippen molar-refractivity contribution in [3.8, 4) is 0 Å². The minimum Gasteiger partial charge on any atom is -0.307 e. The van der Waals surface area contributed by atoms with E-state index < -0.39 is 0 Å². The fraction of sp³-hybridized carbons (Fsp3) is 0.107. The van der Waals surface area contributed by atoms with Gasteiger partial charge < -0.3 is 5.32 Å². The molecule has 35 heavy (non-hydrogen) atoms. The summed E-state index contributed by atoms with van der Waals surface area (Å²) in [4.78, 5) is 33.5. The Labute approximate surface area is 201 Å². The quantitative estimate of drug-likeness (QED) is 0.248. The van der Waals surface area contributed by atoms with E-state index >= 15 is 0 Å². The Morgan fingerprint density at radius 3 is 2.06 bits per heavy atom. The standard InChI is InChI=1S/C28H22N6O/c1-16-8-10-19(14-17(16)2)34(3)28(35)31-18-9-11-22-23(15-18)33-27-21-7-5-13-30-25(21)24-20(26(27)32-22)6-4-12-29-24/h4-15H,1-3H3,(H,31,35). The molecule has 0 aliphatic carbocycles. The highest BCUT2D eigenvalue weighted by atomic mass is 16.2. The summed E-state index contributed by atoms with van der Waals surface area (Å²) in [5.41, 5.74) is 8.39. The topological polar surface area (TPSA) is 83.9 Å². The van der Waals surface area contributed by atoms with Crippen molar-refractivity contribution in [2.24, 2.45) is 0 Å². The Morgan fingerprint density at radius 2 is 1.40 bits per heavy atom. The fourth-order valence-electron chi connectivity index (χ4n) is 4.34. The molecule has 0 bridgehead atoms. The predicted molar refractivity (Wildman–Crippen MR) is 141 cm³/mol. The Hall–Kier alpha value is -4.65. The van der Waals surface area contributed by atoms with E-state index in [0.717, 1.165) is 49.6 Å². The van der Waals surface area contributed by atoms with Crippen molar-refractivity contribution in [3.63, 3.8) is 0 Å². The highest BCUT2D eigenvalue weighted by molar-refractivity contribution is 6.21. The molecule has 0 aliphatic rings. The first-order chi connectivity index (χ1) is 17.0. The molecule has 7 nitrogen and oxygen atoms in total. The second-order valence-electron chi connectivity index (χ2n) is 8.68. The Bertz CT molecular complexity index is 1800. The molecule has 0 spiro atoms. The van der Waals surface area contributed by atoms with Crippen LogP contribution < -0.4 is 10.2 Å². The maximum atomic E-state index is 12.9. The third-order valence-corrected chi connectivity index (χ3v) is 6.45. The number of carbonyl (C=O) groups excluding carboxylic acids is 1. The Morgan fingerprint density at radius 1 is 0.743 bits per heavy atom. The van der Waals surface area contributed by atoms with Crippen LogP contribution in [0, 0.1) is 13.8 Å². The molecule has 3 heterocycles. The van der Waals surface area contributed by atoms with Crippen LogP contribution in [-0.2, 0) is 0 Å². The van der Waals surface area contributed by atoms with Crippen LogP contribution in [0.5, 0.6) is 0 Å². The van der Waals surface area contributed by atoms with Gasteiger partial charge in [-0.1, -0.05) is 6.07 Å². The Kier molecular flexibility index (Phi) is 4.77. The number of amides is 2. The number of hydrogen-bond acceptors (Lipinski definition) is 5. The van der Waals surface area contributed by atoms with E-state index in [9.17, 15) is 4.79 Å². The van der Waals surface area contributed by atoms with Crippen molar-refractivity contribution < 1.29 is 4.79 Å². The number of carbonyl (C=O) groups is 1. The zero-order chi connectivity index (χ0) is 24.1. The number of nitrogens with zero attached hydrogens (tertiary/aromatic N) is 5. The van der Waals surface area contributed by atoms with Crippen molar-refractivity contribution in [2.75, 3.05) is 17.3 Å². The largest absolute Gasteiger partial charge is 0.326 e. The molecule has 0 fully saturated rings. The molecular weight excluding hydrogens is 436 g/mol. The highest BCUT2D eigenvalue weighted by Gasteiger charge is 2.15. The summed E-state index contributed by atoms with van der Waals surface area (Å²) >= 11 is 0. The van der Waals surface area contributed by atoms with E-state index in [0.29, 0.717) is 11.2 Å². The molecule has 0 aliphatic heterocycles. The molecule has 170 valence electrons. The SMILES string of the molecule is Cc1ccc(N(C)C(=O)Nc2ccc3nc4c5cccnc5c5ncccc5c4nc3c2)cc1C. The van der Waals surface area contributed by atoms with E-state index in [1.165, 1.54) is 5.56 Å². The van der Waals surface area contributed by atoms with Crippen LogP contribution in [-0.4, -0.2) is 33.0 Å². The van der Waals surface area contributed by atoms with Gasteiger partial charge in [-0.05, 0) is 79.6 Å². The first-order valence-electron chi connectivity index (χ1n) is 11.3. The molecule has 1 N–H and O–H groups in total. The van der Waals surface area contributed by atoms with Crippen molar-refractivity contribution in [1.82, 2.24) is 19.9 Å².